The molecule has 74 valence electrons. The van der Waals surface area contributed by atoms with Crippen molar-refractivity contribution in [2.75, 3.05) is 0 Å². The smallest absolute Gasteiger partial charge is 0.0766 e. The van der Waals surface area contributed by atoms with E-state index in [1.807, 2.05) is 11.6 Å². The van der Waals surface area contributed by atoms with E-state index in [2.05, 4.69) is 45.5 Å². The minimum atomic E-state index is 0.859. The van der Waals surface area contributed by atoms with Gasteiger partial charge in [0.1, 0.15) is 0 Å². The Bertz CT molecular complexity index is 445. The topological polar surface area (TPSA) is 17.8 Å². The predicted molar refractivity (Wildman–Crippen MR) is 62.8 cm³/mol. The number of nitrogens with zero attached hydrogens (tertiary/aromatic N) is 2. The Kier molecular flexibility index (Phi) is 2.74. The van der Waals surface area contributed by atoms with E-state index in [9.17, 15) is 0 Å². The van der Waals surface area contributed by atoms with Crippen LogP contribution in [0.15, 0.2) is 22.0 Å². The first-order valence-electron chi connectivity index (χ1n) is 4.40. The van der Waals surface area contributed by atoms with E-state index in [1.54, 1.807) is 11.3 Å². The fourth-order valence-electron chi connectivity index (χ4n) is 1.41. The van der Waals surface area contributed by atoms with Crippen molar-refractivity contribution in [1.82, 2.24) is 9.78 Å². The molecular weight excluding hydrogens is 260 g/mol. The largest absolute Gasteiger partial charge is 0.264 e. The first-order chi connectivity index (χ1) is 6.66. The molecule has 2 aromatic rings. The molecule has 0 fully saturated rings. The molecule has 0 amide bonds. The number of hydrogen-bond donors (Lipinski definition) is 0. The van der Waals surface area contributed by atoms with Crippen LogP contribution in [-0.2, 0) is 6.54 Å². The normalized spacial score (nSPS) is 10.8. The van der Waals surface area contributed by atoms with Gasteiger partial charge >= 0.3 is 0 Å². The highest BCUT2D eigenvalue weighted by atomic mass is 79.9. The van der Waals surface area contributed by atoms with Crippen molar-refractivity contribution in [1.29, 1.82) is 0 Å². The highest BCUT2D eigenvalue weighted by molar-refractivity contribution is 9.10. The van der Waals surface area contributed by atoms with Gasteiger partial charge in [-0.1, -0.05) is 0 Å². The van der Waals surface area contributed by atoms with E-state index < -0.39 is 0 Å². The van der Waals surface area contributed by atoms with Crippen LogP contribution in [0.4, 0.5) is 0 Å². The van der Waals surface area contributed by atoms with E-state index in [0.717, 1.165) is 12.2 Å². The molecule has 4 heteroatoms. The number of hydrogen-bond acceptors (Lipinski definition) is 2. The lowest BCUT2D eigenvalue weighted by molar-refractivity contribution is 0.664. The third-order valence-electron chi connectivity index (χ3n) is 2.09. The predicted octanol–water partition coefficient (Wildman–Crippen LogP) is 3.37. The third-order valence-corrected chi connectivity index (χ3v) is 4.00. The summed E-state index contributed by atoms with van der Waals surface area (Å²) in [7, 11) is 0. The monoisotopic (exact) mass is 270 g/mol. The van der Waals surface area contributed by atoms with Gasteiger partial charge in [-0.05, 0) is 47.3 Å². The maximum absolute atomic E-state index is 4.43. The Morgan fingerprint density at radius 1 is 1.50 bits per heavy atom. The summed E-state index contributed by atoms with van der Waals surface area (Å²) in [6.45, 7) is 4.96. The second kappa shape index (κ2) is 3.87. The standard InChI is InChI=1S/C10H11BrN2S/c1-7-5-8(2)13(12-7)6-10-9(11)3-4-14-10/h3-5H,6H2,1-2H3. The molecule has 2 heterocycles. The first kappa shape index (κ1) is 9.93. The molecule has 0 aromatic carbocycles. The third kappa shape index (κ3) is 1.91. The van der Waals surface area contributed by atoms with Crippen molar-refractivity contribution < 1.29 is 0 Å². The van der Waals surface area contributed by atoms with Gasteiger partial charge in [-0.15, -0.1) is 11.3 Å². The zero-order chi connectivity index (χ0) is 10.1. The van der Waals surface area contributed by atoms with Crippen molar-refractivity contribution in [2.24, 2.45) is 0 Å². The number of thiophene rings is 1. The molecule has 0 N–H and O–H groups in total. The molecule has 2 nitrogen and oxygen atoms in total. The van der Waals surface area contributed by atoms with E-state index in [-0.39, 0.29) is 0 Å². The summed E-state index contributed by atoms with van der Waals surface area (Å²) in [5.74, 6) is 0. The van der Waals surface area contributed by atoms with Crippen LogP contribution in [0.1, 0.15) is 16.3 Å². The van der Waals surface area contributed by atoms with Gasteiger partial charge in [0, 0.05) is 15.0 Å². The minimum absolute atomic E-state index is 0.859. The van der Waals surface area contributed by atoms with Gasteiger partial charge in [0.05, 0.1) is 12.2 Å². The maximum atomic E-state index is 4.43. The summed E-state index contributed by atoms with van der Waals surface area (Å²) < 4.78 is 3.21. The van der Waals surface area contributed by atoms with Gasteiger partial charge in [-0.3, -0.25) is 4.68 Å². The van der Waals surface area contributed by atoms with Crippen LogP contribution in [0.3, 0.4) is 0 Å². The minimum Gasteiger partial charge on any atom is -0.264 e. The van der Waals surface area contributed by atoms with Crippen molar-refractivity contribution in [3.8, 4) is 0 Å². The molecule has 0 radical (unpaired) electrons. The summed E-state index contributed by atoms with van der Waals surface area (Å²) in [4.78, 5) is 1.32. The fourth-order valence-corrected chi connectivity index (χ4v) is 2.87. The van der Waals surface area contributed by atoms with Gasteiger partial charge in [-0.2, -0.15) is 5.10 Å². The average Bonchev–Trinajstić information content (AvgIpc) is 2.62. The molecule has 0 saturated heterocycles. The van der Waals surface area contributed by atoms with E-state index in [4.69, 9.17) is 0 Å². The van der Waals surface area contributed by atoms with Crippen LogP contribution in [-0.4, -0.2) is 9.78 Å². The number of aromatic nitrogens is 2. The van der Waals surface area contributed by atoms with Crippen LogP contribution in [0.2, 0.25) is 0 Å². The molecule has 0 spiro atoms. The van der Waals surface area contributed by atoms with Gasteiger partial charge in [0.15, 0.2) is 0 Å². The molecule has 0 aliphatic carbocycles. The Morgan fingerprint density at radius 3 is 2.79 bits per heavy atom. The van der Waals surface area contributed by atoms with Crippen LogP contribution in [0.5, 0.6) is 0 Å². The molecular formula is C10H11BrN2S. The average molecular weight is 271 g/mol. The summed E-state index contributed by atoms with van der Waals surface area (Å²) in [6, 6.07) is 4.17. The molecule has 0 aliphatic heterocycles. The Labute approximate surface area is 95.7 Å². The first-order valence-corrected chi connectivity index (χ1v) is 6.07. The van der Waals surface area contributed by atoms with Gasteiger partial charge in [0.2, 0.25) is 0 Å². The second-order valence-corrected chi connectivity index (χ2v) is 5.13. The molecule has 0 atom stereocenters. The quantitative estimate of drug-likeness (QED) is 0.818. The van der Waals surface area contributed by atoms with Crippen molar-refractivity contribution in [3.05, 3.63) is 38.3 Å². The fraction of sp³-hybridized carbons (Fsp3) is 0.300. The van der Waals surface area contributed by atoms with E-state index in [0.29, 0.717) is 0 Å². The molecule has 14 heavy (non-hydrogen) atoms. The lowest BCUT2D eigenvalue weighted by Crippen LogP contribution is -2.02. The lowest BCUT2D eigenvalue weighted by Gasteiger charge is -2.02. The molecule has 2 aromatic heterocycles. The van der Waals surface area contributed by atoms with Crippen LogP contribution < -0.4 is 0 Å². The summed E-state index contributed by atoms with van der Waals surface area (Å²) in [5.41, 5.74) is 2.29. The van der Waals surface area contributed by atoms with E-state index >= 15 is 0 Å². The van der Waals surface area contributed by atoms with Gasteiger partial charge < -0.3 is 0 Å². The molecule has 0 aliphatic rings. The van der Waals surface area contributed by atoms with Gasteiger partial charge in [-0.25, -0.2) is 0 Å². The maximum Gasteiger partial charge on any atom is 0.0766 e. The summed E-state index contributed by atoms with van der Waals surface area (Å²) in [5, 5.41) is 6.52. The molecule has 0 bridgehead atoms. The summed E-state index contributed by atoms with van der Waals surface area (Å²) >= 11 is 5.28. The summed E-state index contributed by atoms with van der Waals surface area (Å²) in [6.07, 6.45) is 0. The van der Waals surface area contributed by atoms with Crippen LogP contribution in [0.25, 0.3) is 0 Å². The highest BCUT2D eigenvalue weighted by Crippen LogP contribution is 2.23. The molecule has 2 rings (SSSR count). The second-order valence-electron chi connectivity index (χ2n) is 3.28. The molecule has 0 unspecified atom stereocenters. The zero-order valence-electron chi connectivity index (χ0n) is 8.12. The SMILES string of the molecule is Cc1cc(C)n(Cc2sccc2Br)n1. The zero-order valence-corrected chi connectivity index (χ0v) is 10.5. The Morgan fingerprint density at radius 2 is 2.29 bits per heavy atom. The Balaban J connectivity index is 2.27. The van der Waals surface area contributed by atoms with Gasteiger partial charge in [0.25, 0.3) is 0 Å². The van der Waals surface area contributed by atoms with Crippen molar-refractivity contribution in [3.63, 3.8) is 0 Å². The number of halogens is 1. The van der Waals surface area contributed by atoms with Crippen molar-refractivity contribution in [2.45, 2.75) is 20.4 Å². The van der Waals surface area contributed by atoms with E-state index in [1.165, 1.54) is 15.0 Å². The highest BCUT2D eigenvalue weighted by Gasteiger charge is 2.05. The Hall–Kier alpha value is -0.610. The molecule has 0 saturated carbocycles. The van der Waals surface area contributed by atoms with Crippen LogP contribution >= 0.6 is 27.3 Å². The number of aryl methyl sites for hydroxylation is 2. The van der Waals surface area contributed by atoms with Crippen molar-refractivity contribution >= 4 is 27.3 Å². The lowest BCUT2D eigenvalue weighted by atomic mass is 10.4. The number of rotatable bonds is 2. The van der Waals surface area contributed by atoms with Crippen LogP contribution in [0, 0.1) is 13.8 Å².